The number of ether oxygens (including phenoxy) is 1. The number of methoxy groups -OCH3 is 1. The molecule has 0 saturated carbocycles. The number of nitrogens with zero attached hydrogens (tertiary/aromatic N) is 3. The van der Waals surface area contributed by atoms with Gasteiger partial charge < -0.3 is 14.6 Å². The highest BCUT2D eigenvalue weighted by Crippen LogP contribution is 2.27. The van der Waals surface area contributed by atoms with Gasteiger partial charge in [-0.05, 0) is 61.7 Å². The number of hydrogen-bond donors (Lipinski definition) is 1. The van der Waals surface area contributed by atoms with Crippen LogP contribution in [0, 0.1) is 0 Å². The maximum Gasteiger partial charge on any atom is 0.325 e. The van der Waals surface area contributed by atoms with Crippen LogP contribution in [0.2, 0.25) is 0 Å². The SMILES string of the molecule is CCC1CCCCN1S(=O)(=O)c1ccc(C(=O)N=c2sc3cc(NC(C)=O)ccc3n2CC(=O)OC)cc1. The van der Waals surface area contributed by atoms with Crippen LogP contribution in [0.4, 0.5) is 5.69 Å². The molecule has 0 bridgehead atoms. The van der Waals surface area contributed by atoms with Crippen molar-refractivity contribution in [2.24, 2.45) is 4.99 Å². The van der Waals surface area contributed by atoms with Crippen molar-refractivity contribution in [2.45, 2.75) is 57.0 Å². The van der Waals surface area contributed by atoms with E-state index in [1.165, 1.54) is 49.6 Å². The third-order valence-electron chi connectivity index (χ3n) is 6.47. The lowest BCUT2D eigenvalue weighted by Gasteiger charge is -2.34. The summed E-state index contributed by atoms with van der Waals surface area (Å²) in [6.45, 7) is 3.73. The summed E-state index contributed by atoms with van der Waals surface area (Å²) in [5, 5.41) is 2.71. The highest BCUT2D eigenvalue weighted by atomic mass is 32.2. The van der Waals surface area contributed by atoms with E-state index in [2.05, 4.69) is 10.3 Å². The molecular formula is C26H30N4O6S2. The van der Waals surface area contributed by atoms with Crippen molar-refractivity contribution in [3.63, 3.8) is 0 Å². The minimum absolute atomic E-state index is 0.0190. The van der Waals surface area contributed by atoms with E-state index in [0.717, 1.165) is 25.7 Å². The number of aromatic nitrogens is 1. The largest absolute Gasteiger partial charge is 0.468 e. The van der Waals surface area contributed by atoms with Crippen molar-refractivity contribution in [3.8, 4) is 0 Å². The fourth-order valence-corrected chi connectivity index (χ4v) is 7.37. The standard InChI is InChI=1S/C26H30N4O6S2/c1-4-20-7-5-6-14-30(20)38(34,35)21-11-8-18(9-12-21)25(33)28-26-29(16-24(32)36-3)22-13-10-19(27-17(2)31)15-23(22)37-26/h8-13,15,20H,4-7,14,16H2,1-3H3,(H,27,31). The highest BCUT2D eigenvalue weighted by Gasteiger charge is 2.32. The summed E-state index contributed by atoms with van der Waals surface area (Å²) in [7, 11) is -2.40. The first-order chi connectivity index (χ1) is 18.1. The summed E-state index contributed by atoms with van der Waals surface area (Å²) in [6.07, 6.45) is 3.44. The fourth-order valence-electron chi connectivity index (χ4n) is 4.54. The maximum atomic E-state index is 13.2. The van der Waals surface area contributed by atoms with E-state index in [4.69, 9.17) is 4.74 Å². The summed E-state index contributed by atoms with van der Waals surface area (Å²) in [4.78, 5) is 41.2. The predicted molar refractivity (Wildman–Crippen MR) is 144 cm³/mol. The van der Waals surface area contributed by atoms with Gasteiger partial charge in [0.2, 0.25) is 15.9 Å². The number of carbonyl (C=O) groups is 3. The van der Waals surface area contributed by atoms with E-state index < -0.39 is 21.9 Å². The van der Waals surface area contributed by atoms with E-state index in [1.807, 2.05) is 6.92 Å². The van der Waals surface area contributed by atoms with Gasteiger partial charge >= 0.3 is 5.97 Å². The van der Waals surface area contributed by atoms with Crippen LogP contribution < -0.4 is 10.1 Å². The molecule has 2 amide bonds. The summed E-state index contributed by atoms with van der Waals surface area (Å²) in [6, 6.07) is 10.9. The first-order valence-electron chi connectivity index (χ1n) is 12.3. The average molecular weight is 559 g/mol. The lowest BCUT2D eigenvalue weighted by Crippen LogP contribution is -2.43. The molecule has 1 unspecified atom stereocenters. The third kappa shape index (κ3) is 5.87. The van der Waals surface area contributed by atoms with Crippen LogP contribution in [-0.2, 0) is 30.9 Å². The Kier molecular flexibility index (Phi) is 8.44. The molecule has 1 aliphatic heterocycles. The molecule has 1 aliphatic rings. The zero-order valence-electron chi connectivity index (χ0n) is 21.5. The Bertz CT molecular complexity index is 1540. The molecule has 3 aromatic rings. The van der Waals surface area contributed by atoms with Crippen molar-refractivity contribution in [1.29, 1.82) is 0 Å². The van der Waals surface area contributed by atoms with Gasteiger partial charge in [-0.1, -0.05) is 24.7 Å². The molecule has 2 heterocycles. The molecule has 38 heavy (non-hydrogen) atoms. The lowest BCUT2D eigenvalue weighted by molar-refractivity contribution is -0.141. The van der Waals surface area contributed by atoms with Gasteiger partial charge in [0.1, 0.15) is 6.54 Å². The Labute approximate surface area is 225 Å². The average Bonchev–Trinajstić information content (AvgIpc) is 3.23. The van der Waals surface area contributed by atoms with Gasteiger partial charge in [0.15, 0.2) is 4.80 Å². The van der Waals surface area contributed by atoms with E-state index in [9.17, 15) is 22.8 Å². The van der Waals surface area contributed by atoms with Gasteiger partial charge in [0, 0.05) is 30.8 Å². The van der Waals surface area contributed by atoms with Gasteiger partial charge in [-0.2, -0.15) is 9.30 Å². The third-order valence-corrected chi connectivity index (χ3v) is 9.47. The molecule has 4 rings (SSSR count). The number of sulfonamides is 1. The monoisotopic (exact) mass is 558 g/mol. The first-order valence-corrected chi connectivity index (χ1v) is 14.6. The molecule has 0 radical (unpaired) electrons. The second kappa shape index (κ2) is 11.6. The Morgan fingerprint density at radius 1 is 1.13 bits per heavy atom. The highest BCUT2D eigenvalue weighted by molar-refractivity contribution is 7.89. The van der Waals surface area contributed by atoms with Crippen LogP contribution in [0.5, 0.6) is 0 Å². The molecule has 2 aromatic carbocycles. The first kappa shape index (κ1) is 27.7. The van der Waals surface area contributed by atoms with E-state index >= 15 is 0 Å². The second-order valence-electron chi connectivity index (χ2n) is 9.03. The molecule has 1 fully saturated rings. The van der Waals surface area contributed by atoms with Crippen molar-refractivity contribution in [3.05, 3.63) is 52.8 Å². The Balaban J connectivity index is 1.67. The number of anilines is 1. The summed E-state index contributed by atoms with van der Waals surface area (Å²) in [5.41, 5.74) is 1.44. The Hall–Kier alpha value is -3.35. The number of nitrogens with one attached hydrogen (secondary N) is 1. The van der Waals surface area contributed by atoms with E-state index in [-0.39, 0.29) is 33.8 Å². The van der Waals surface area contributed by atoms with Crippen LogP contribution in [0.25, 0.3) is 10.2 Å². The van der Waals surface area contributed by atoms with Crippen LogP contribution in [0.3, 0.4) is 0 Å². The van der Waals surface area contributed by atoms with Gasteiger partial charge in [-0.25, -0.2) is 8.42 Å². The quantitative estimate of drug-likeness (QED) is 0.442. The minimum atomic E-state index is -3.67. The van der Waals surface area contributed by atoms with Crippen molar-refractivity contribution >= 4 is 55.0 Å². The van der Waals surface area contributed by atoms with E-state index in [1.54, 1.807) is 27.1 Å². The smallest absolute Gasteiger partial charge is 0.325 e. The fraction of sp³-hybridized carbons (Fsp3) is 0.385. The van der Waals surface area contributed by atoms with E-state index in [0.29, 0.717) is 22.4 Å². The Morgan fingerprint density at radius 2 is 1.87 bits per heavy atom. The molecule has 0 aliphatic carbocycles. The molecule has 202 valence electrons. The number of fused-ring (bicyclic) bond motifs is 1. The molecule has 1 saturated heterocycles. The number of benzene rings is 2. The van der Waals surface area contributed by atoms with Crippen LogP contribution >= 0.6 is 11.3 Å². The second-order valence-corrected chi connectivity index (χ2v) is 11.9. The molecule has 1 N–H and O–H groups in total. The van der Waals surface area contributed by atoms with Gasteiger partial charge in [-0.3, -0.25) is 14.4 Å². The number of thiazole rings is 1. The number of amides is 2. The topological polar surface area (TPSA) is 127 Å². The number of esters is 1. The van der Waals surface area contributed by atoms with Crippen molar-refractivity contribution in [1.82, 2.24) is 8.87 Å². The zero-order chi connectivity index (χ0) is 27.4. The van der Waals surface area contributed by atoms with Crippen LogP contribution in [0.15, 0.2) is 52.4 Å². The number of hydrogen-bond acceptors (Lipinski definition) is 7. The van der Waals surface area contributed by atoms with Crippen LogP contribution in [0.1, 0.15) is 49.9 Å². The number of piperidine rings is 1. The zero-order valence-corrected chi connectivity index (χ0v) is 23.1. The number of carbonyl (C=O) groups excluding carboxylic acids is 3. The molecule has 1 aromatic heterocycles. The molecular weight excluding hydrogens is 528 g/mol. The minimum Gasteiger partial charge on any atom is -0.468 e. The molecule has 0 spiro atoms. The lowest BCUT2D eigenvalue weighted by atomic mass is 10.0. The Morgan fingerprint density at radius 3 is 2.53 bits per heavy atom. The van der Waals surface area contributed by atoms with Gasteiger partial charge in [0.25, 0.3) is 5.91 Å². The predicted octanol–water partition coefficient (Wildman–Crippen LogP) is 3.53. The number of rotatable bonds is 7. The molecule has 1 atom stereocenters. The summed E-state index contributed by atoms with van der Waals surface area (Å²) in [5.74, 6) is -1.31. The molecule has 12 heteroatoms. The van der Waals surface area contributed by atoms with Gasteiger partial charge in [0.05, 0.1) is 22.2 Å². The van der Waals surface area contributed by atoms with Crippen LogP contribution in [-0.4, -0.2) is 54.8 Å². The van der Waals surface area contributed by atoms with Crippen molar-refractivity contribution in [2.75, 3.05) is 19.0 Å². The molecule has 10 nitrogen and oxygen atoms in total. The van der Waals surface area contributed by atoms with Gasteiger partial charge in [-0.15, -0.1) is 0 Å². The normalized spacial score (nSPS) is 16.9. The van der Waals surface area contributed by atoms with Crippen molar-refractivity contribution < 1.29 is 27.5 Å². The maximum absolute atomic E-state index is 13.2. The summed E-state index contributed by atoms with van der Waals surface area (Å²) < 4.78 is 35.1. The summed E-state index contributed by atoms with van der Waals surface area (Å²) >= 11 is 1.18.